The molecule has 1 heterocycles. The molecule has 3 rings (SSSR count). The topological polar surface area (TPSA) is 75.7 Å². The van der Waals surface area contributed by atoms with Gasteiger partial charge in [-0.15, -0.1) is 0 Å². The molecule has 1 fully saturated rings. The number of nitrogens with one attached hydrogen (secondary N) is 1. The van der Waals surface area contributed by atoms with Crippen LogP contribution in [0, 0.1) is 0 Å². The highest BCUT2D eigenvalue weighted by Gasteiger charge is 2.15. The average Bonchev–Trinajstić information content (AvgIpc) is 2.99. The van der Waals surface area contributed by atoms with Crippen LogP contribution in [0.5, 0.6) is 5.75 Å². The first-order valence-corrected chi connectivity index (χ1v) is 10.5. The number of benzene rings is 2. The maximum atomic E-state index is 12.4. The predicted octanol–water partition coefficient (Wildman–Crippen LogP) is 3.21. The molecular weight excluding hydrogens is 380 g/mol. The van der Waals surface area contributed by atoms with Crippen molar-refractivity contribution in [1.82, 2.24) is 10.2 Å². The van der Waals surface area contributed by atoms with Crippen LogP contribution in [0.2, 0.25) is 0 Å². The maximum Gasteiger partial charge on any atom is 0.257 e. The number of hydrogen-bond acceptors (Lipinski definition) is 4. The number of nitrogens with zero attached hydrogens (tertiary/aromatic N) is 1. The van der Waals surface area contributed by atoms with Gasteiger partial charge in [0.05, 0.1) is 0 Å². The molecule has 0 aromatic heterocycles. The molecule has 0 atom stereocenters. The molecular formula is C24H28N2O4. The molecule has 0 bridgehead atoms. The second-order valence-electron chi connectivity index (χ2n) is 7.40. The fourth-order valence-electron chi connectivity index (χ4n) is 3.43. The van der Waals surface area contributed by atoms with Crippen LogP contribution >= 0.6 is 0 Å². The van der Waals surface area contributed by atoms with E-state index in [0.717, 1.165) is 32.2 Å². The van der Waals surface area contributed by atoms with Gasteiger partial charge in [0.1, 0.15) is 5.75 Å². The molecule has 30 heavy (non-hydrogen) atoms. The number of carbonyl (C=O) groups excluding carboxylic acids is 3. The maximum absolute atomic E-state index is 12.4. The Labute approximate surface area is 177 Å². The van der Waals surface area contributed by atoms with Crippen molar-refractivity contribution in [3.05, 3.63) is 65.7 Å². The third-order valence-corrected chi connectivity index (χ3v) is 5.12. The lowest BCUT2D eigenvalue weighted by Crippen LogP contribution is -2.35. The van der Waals surface area contributed by atoms with Crippen molar-refractivity contribution in [2.24, 2.45) is 0 Å². The van der Waals surface area contributed by atoms with Crippen molar-refractivity contribution < 1.29 is 19.1 Å². The molecule has 0 aliphatic carbocycles. The zero-order valence-corrected chi connectivity index (χ0v) is 17.1. The van der Waals surface area contributed by atoms with Gasteiger partial charge in [0.25, 0.3) is 5.91 Å². The Bertz CT molecular complexity index is 849. The number of ether oxygens (including phenoxy) is 1. The molecule has 6 heteroatoms. The smallest absolute Gasteiger partial charge is 0.257 e. The Morgan fingerprint density at radius 1 is 0.933 bits per heavy atom. The van der Waals surface area contributed by atoms with Crippen molar-refractivity contribution in [2.45, 2.75) is 32.1 Å². The van der Waals surface area contributed by atoms with E-state index in [9.17, 15) is 14.4 Å². The van der Waals surface area contributed by atoms with Crippen LogP contribution in [0.3, 0.4) is 0 Å². The Kier molecular flexibility index (Phi) is 8.01. The summed E-state index contributed by atoms with van der Waals surface area (Å²) in [5.74, 6) is 0.491. The molecule has 0 spiro atoms. The van der Waals surface area contributed by atoms with E-state index in [-0.39, 0.29) is 24.2 Å². The van der Waals surface area contributed by atoms with Gasteiger partial charge in [-0.3, -0.25) is 14.4 Å². The first kappa shape index (κ1) is 21.6. The van der Waals surface area contributed by atoms with Crippen LogP contribution in [0.1, 0.15) is 48.0 Å². The summed E-state index contributed by atoms with van der Waals surface area (Å²) in [5.41, 5.74) is 1.20. The Balaban J connectivity index is 1.36. The van der Waals surface area contributed by atoms with E-state index in [0.29, 0.717) is 36.4 Å². The van der Waals surface area contributed by atoms with E-state index >= 15 is 0 Å². The number of amides is 2. The third-order valence-electron chi connectivity index (χ3n) is 5.12. The summed E-state index contributed by atoms with van der Waals surface area (Å²) in [4.78, 5) is 38.2. The van der Waals surface area contributed by atoms with Gasteiger partial charge in [0.2, 0.25) is 5.91 Å². The van der Waals surface area contributed by atoms with Gasteiger partial charge in [-0.2, -0.15) is 0 Å². The van der Waals surface area contributed by atoms with Gasteiger partial charge < -0.3 is 15.0 Å². The van der Waals surface area contributed by atoms with E-state index in [4.69, 9.17) is 4.74 Å². The number of ketones is 1. The molecule has 2 amide bonds. The minimum atomic E-state index is -0.207. The highest BCUT2D eigenvalue weighted by atomic mass is 16.5. The van der Waals surface area contributed by atoms with Crippen molar-refractivity contribution >= 4 is 17.6 Å². The summed E-state index contributed by atoms with van der Waals surface area (Å²) >= 11 is 0. The summed E-state index contributed by atoms with van der Waals surface area (Å²) in [5, 5.41) is 2.82. The summed E-state index contributed by atoms with van der Waals surface area (Å²) < 4.78 is 5.50. The lowest BCUT2D eigenvalue weighted by Gasteiger charge is -2.20. The number of carbonyl (C=O) groups is 3. The molecule has 0 unspecified atom stereocenters. The average molecular weight is 408 g/mol. The monoisotopic (exact) mass is 408 g/mol. The molecule has 0 saturated carbocycles. The second-order valence-corrected chi connectivity index (χ2v) is 7.40. The van der Waals surface area contributed by atoms with Gasteiger partial charge in [-0.1, -0.05) is 36.8 Å². The molecule has 2 aromatic rings. The largest absolute Gasteiger partial charge is 0.484 e. The minimum Gasteiger partial charge on any atom is -0.484 e. The lowest BCUT2D eigenvalue weighted by atomic mass is 10.0. The van der Waals surface area contributed by atoms with Crippen LogP contribution in [0.25, 0.3) is 0 Å². The van der Waals surface area contributed by atoms with Crippen LogP contribution in [-0.4, -0.2) is 48.7 Å². The molecule has 1 N–H and O–H groups in total. The zero-order chi connectivity index (χ0) is 21.2. The molecule has 1 aliphatic rings. The SMILES string of the molecule is O=C(COc1ccc(C(=O)c2ccccc2)cc1)NCCCN1CCCCCC1=O. The van der Waals surface area contributed by atoms with Crippen LogP contribution in [0.15, 0.2) is 54.6 Å². The normalized spacial score (nSPS) is 14.1. The van der Waals surface area contributed by atoms with E-state index in [2.05, 4.69) is 5.32 Å². The summed E-state index contributed by atoms with van der Waals surface area (Å²) in [6.45, 7) is 1.92. The molecule has 2 aromatic carbocycles. The van der Waals surface area contributed by atoms with E-state index in [1.54, 1.807) is 36.4 Å². The summed E-state index contributed by atoms with van der Waals surface area (Å²) in [6, 6.07) is 15.8. The van der Waals surface area contributed by atoms with Crippen molar-refractivity contribution in [2.75, 3.05) is 26.2 Å². The van der Waals surface area contributed by atoms with Gasteiger partial charge in [0, 0.05) is 37.2 Å². The van der Waals surface area contributed by atoms with E-state index in [1.807, 2.05) is 23.1 Å². The molecule has 0 radical (unpaired) electrons. The zero-order valence-electron chi connectivity index (χ0n) is 17.1. The van der Waals surface area contributed by atoms with Crippen LogP contribution in [-0.2, 0) is 9.59 Å². The Hall–Kier alpha value is -3.15. The predicted molar refractivity (Wildman–Crippen MR) is 114 cm³/mol. The quantitative estimate of drug-likeness (QED) is 0.511. The Morgan fingerprint density at radius 2 is 1.67 bits per heavy atom. The van der Waals surface area contributed by atoms with Crippen molar-refractivity contribution in [3.63, 3.8) is 0 Å². The fraction of sp³-hybridized carbons (Fsp3) is 0.375. The molecule has 1 aliphatic heterocycles. The summed E-state index contributed by atoms with van der Waals surface area (Å²) in [7, 11) is 0. The highest BCUT2D eigenvalue weighted by Crippen LogP contribution is 2.15. The first-order chi connectivity index (χ1) is 14.6. The molecule has 158 valence electrons. The third kappa shape index (κ3) is 6.44. The molecule has 1 saturated heterocycles. The number of rotatable bonds is 9. The Morgan fingerprint density at radius 3 is 2.43 bits per heavy atom. The van der Waals surface area contributed by atoms with Gasteiger partial charge in [0.15, 0.2) is 12.4 Å². The van der Waals surface area contributed by atoms with Gasteiger partial charge in [-0.25, -0.2) is 0 Å². The number of hydrogen-bond donors (Lipinski definition) is 1. The molecule has 6 nitrogen and oxygen atoms in total. The van der Waals surface area contributed by atoms with Gasteiger partial charge in [-0.05, 0) is 43.5 Å². The highest BCUT2D eigenvalue weighted by molar-refractivity contribution is 6.08. The van der Waals surface area contributed by atoms with Crippen molar-refractivity contribution in [1.29, 1.82) is 0 Å². The van der Waals surface area contributed by atoms with Crippen molar-refractivity contribution in [3.8, 4) is 5.75 Å². The van der Waals surface area contributed by atoms with E-state index < -0.39 is 0 Å². The van der Waals surface area contributed by atoms with Crippen LogP contribution in [0.4, 0.5) is 0 Å². The van der Waals surface area contributed by atoms with Gasteiger partial charge >= 0.3 is 0 Å². The minimum absolute atomic E-state index is 0.0530. The number of likely N-dealkylation sites (tertiary alicyclic amines) is 1. The lowest BCUT2D eigenvalue weighted by molar-refractivity contribution is -0.130. The van der Waals surface area contributed by atoms with Crippen LogP contribution < -0.4 is 10.1 Å². The first-order valence-electron chi connectivity index (χ1n) is 10.5. The fourth-order valence-corrected chi connectivity index (χ4v) is 3.43. The van der Waals surface area contributed by atoms with E-state index in [1.165, 1.54) is 0 Å². The second kappa shape index (κ2) is 11.1. The standard InChI is InChI=1S/C24H28N2O4/c27-22(25-15-7-17-26-16-6-2-5-10-23(26)28)18-30-21-13-11-20(12-14-21)24(29)19-8-3-1-4-9-19/h1,3-4,8-9,11-14H,2,5-7,10,15-18H2,(H,25,27). The summed E-state index contributed by atoms with van der Waals surface area (Å²) in [6.07, 6.45) is 4.51.